The Kier molecular flexibility index (Phi) is 7.01. The molecule has 1 amide bonds. The number of sulfone groups is 1. The zero-order chi connectivity index (χ0) is 23.6. The Hall–Kier alpha value is -2.50. The lowest BCUT2D eigenvalue weighted by molar-refractivity contribution is -0.129. The lowest BCUT2D eigenvalue weighted by atomic mass is 9.94. The Balaban J connectivity index is 1.48. The molecular formula is C22H23BrN4O4S2. The second-order valence-electron chi connectivity index (χ2n) is 7.83. The fourth-order valence-corrected chi connectivity index (χ4v) is 5.33. The molecule has 33 heavy (non-hydrogen) atoms. The van der Waals surface area contributed by atoms with Gasteiger partial charge >= 0.3 is 0 Å². The molecule has 1 fully saturated rings. The van der Waals surface area contributed by atoms with Gasteiger partial charge in [-0.2, -0.15) is 0 Å². The SMILES string of the molecule is CC(=O)N1CCC(c2csc(Nc3ncc(Br)cc3Oc3ccc(S(C)(=O)=O)cc3)n2)CC1. The van der Waals surface area contributed by atoms with E-state index in [4.69, 9.17) is 9.72 Å². The number of rotatable bonds is 6. The average molecular weight is 551 g/mol. The summed E-state index contributed by atoms with van der Waals surface area (Å²) in [5.74, 6) is 1.91. The Labute approximate surface area is 205 Å². The van der Waals surface area contributed by atoms with Crippen LogP contribution < -0.4 is 10.1 Å². The molecule has 1 N–H and O–H groups in total. The van der Waals surface area contributed by atoms with Crippen molar-refractivity contribution in [3.05, 3.63) is 52.1 Å². The highest BCUT2D eigenvalue weighted by Crippen LogP contribution is 2.35. The van der Waals surface area contributed by atoms with Gasteiger partial charge in [-0.25, -0.2) is 18.4 Å². The van der Waals surface area contributed by atoms with Gasteiger partial charge in [0.2, 0.25) is 5.91 Å². The minimum absolute atomic E-state index is 0.119. The summed E-state index contributed by atoms with van der Waals surface area (Å²) in [6.07, 6.45) is 4.63. The largest absolute Gasteiger partial charge is 0.453 e. The number of hydrogen-bond acceptors (Lipinski definition) is 8. The quantitative estimate of drug-likeness (QED) is 0.462. The first kappa shape index (κ1) is 23.7. The van der Waals surface area contributed by atoms with Crippen molar-refractivity contribution in [1.82, 2.24) is 14.9 Å². The van der Waals surface area contributed by atoms with Gasteiger partial charge in [-0.05, 0) is 53.0 Å². The zero-order valence-electron chi connectivity index (χ0n) is 18.1. The Morgan fingerprint density at radius 2 is 1.94 bits per heavy atom. The van der Waals surface area contributed by atoms with Crippen LogP contribution in [-0.2, 0) is 14.6 Å². The number of benzene rings is 1. The van der Waals surface area contributed by atoms with E-state index in [0.29, 0.717) is 28.4 Å². The topological polar surface area (TPSA) is 101 Å². The summed E-state index contributed by atoms with van der Waals surface area (Å²) in [6, 6.07) is 8.01. The number of aromatic nitrogens is 2. The molecular weight excluding hydrogens is 528 g/mol. The summed E-state index contributed by atoms with van der Waals surface area (Å²) in [6.45, 7) is 3.12. The van der Waals surface area contributed by atoms with Gasteiger partial charge in [0.25, 0.3) is 0 Å². The van der Waals surface area contributed by atoms with Crippen LogP contribution in [0, 0.1) is 0 Å². The number of carbonyl (C=O) groups excluding carboxylic acids is 1. The Morgan fingerprint density at radius 3 is 2.58 bits per heavy atom. The summed E-state index contributed by atoms with van der Waals surface area (Å²) in [4.78, 5) is 22.8. The molecule has 11 heteroatoms. The molecule has 4 rings (SSSR count). The molecule has 3 heterocycles. The van der Waals surface area contributed by atoms with E-state index in [1.165, 1.54) is 23.5 Å². The molecule has 1 saturated heterocycles. The van der Waals surface area contributed by atoms with Crippen LogP contribution >= 0.6 is 27.3 Å². The highest BCUT2D eigenvalue weighted by Gasteiger charge is 2.24. The maximum atomic E-state index is 11.7. The van der Waals surface area contributed by atoms with Crippen molar-refractivity contribution in [1.29, 1.82) is 0 Å². The summed E-state index contributed by atoms with van der Waals surface area (Å²) in [7, 11) is -3.28. The minimum Gasteiger partial charge on any atom is -0.453 e. The second-order valence-corrected chi connectivity index (χ2v) is 11.6. The van der Waals surface area contributed by atoms with E-state index in [9.17, 15) is 13.2 Å². The number of thiazole rings is 1. The lowest BCUT2D eigenvalue weighted by Crippen LogP contribution is -2.36. The standard InChI is InChI=1S/C22H23BrN4O4S2/c1-14(28)27-9-7-15(8-10-27)19-13-32-22(25-19)26-21-20(11-16(23)12-24-21)31-17-3-5-18(6-4-17)33(2,29)30/h3-6,11-13,15H,7-10H2,1-2H3,(H,24,25,26). The third-order valence-corrected chi connectivity index (χ3v) is 7.74. The number of carbonyl (C=O) groups is 1. The van der Waals surface area contributed by atoms with Crippen molar-refractivity contribution in [3.63, 3.8) is 0 Å². The van der Waals surface area contributed by atoms with Crippen LogP contribution in [0.1, 0.15) is 31.4 Å². The maximum Gasteiger partial charge on any atom is 0.219 e. The summed E-state index contributed by atoms with van der Waals surface area (Å²) < 4.78 is 30.1. The number of piperidine rings is 1. The number of ether oxygens (including phenoxy) is 1. The highest BCUT2D eigenvalue weighted by atomic mass is 79.9. The highest BCUT2D eigenvalue weighted by molar-refractivity contribution is 9.10. The number of halogens is 1. The van der Waals surface area contributed by atoms with Gasteiger partial charge in [0.15, 0.2) is 26.5 Å². The molecule has 0 atom stereocenters. The molecule has 0 spiro atoms. The van der Waals surface area contributed by atoms with Crippen LogP contribution in [-0.4, -0.2) is 48.5 Å². The second kappa shape index (κ2) is 9.78. The molecule has 8 nitrogen and oxygen atoms in total. The van der Waals surface area contributed by atoms with Crippen LogP contribution in [0.4, 0.5) is 10.9 Å². The number of nitrogens with one attached hydrogen (secondary N) is 1. The molecule has 1 aromatic carbocycles. The fourth-order valence-electron chi connectivity index (χ4n) is 3.60. The fraction of sp³-hybridized carbons (Fsp3) is 0.318. The first-order valence-corrected chi connectivity index (χ1v) is 13.9. The number of nitrogens with zero attached hydrogens (tertiary/aromatic N) is 3. The molecule has 0 aliphatic carbocycles. The first-order valence-electron chi connectivity index (χ1n) is 10.3. The van der Waals surface area contributed by atoms with Gasteiger partial charge in [-0.3, -0.25) is 4.79 Å². The third-order valence-electron chi connectivity index (χ3n) is 5.40. The van der Waals surface area contributed by atoms with Crippen molar-refractivity contribution in [2.45, 2.75) is 30.6 Å². The van der Waals surface area contributed by atoms with Crippen LogP contribution in [0.15, 0.2) is 51.3 Å². The molecule has 1 aliphatic rings. The minimum atomic E-state index is -3.28. The van der Waals surface area contributed by atoms with Crippen LogP contribution in [0.3, 0.4) is 0 Å². The Bertz CT molecular complexity index is 1250. The van der Waals surface area contributed by atoms with E-state index in [-0.39, 0.29) is 10.8 Å². The average Bonchev–Trinajstić information content (AvgIpc) is 3.24. The van der Waals surface area contributed by atoms with E-state index in [0.717, 1.165) is 42.4 Å². The Morgan fingerprint density at radius 1 is 1.24 bits per heavy atom. The van der Waals surface area contributed by atoms with Gasteiger partial charge in [0, 0.05) is 54.3 Å². The number of amides is 1. The summed E-state index contributed by atoms with van der Waals surface area (Å²) >= 11 is 4.91. The van der Waals surface area contributed by atoms with E-state index < -0.39 is 9.84 Å². The van der Waals surface area contributed by atoms with E-state index in [1.54, 1.807) is 31.3 Å². The van der Waals surface area contributed by atoms with E-state index in [2.05, 4.69) is 26.2 Å². The van der Waals surface area contributed by atoms with Crippen molar-refractivity contribution in [3.8, 4) is 11.5 Å². The maximum absolute atomic E-state index is 11.7. The van der Waals surface area contributed by atoms with Crippen LogP contribution in [0.25, 0.3) is 0 Å². The molecule has 2 aromatic heterocycles. The van der Waals surface area contributed by atoms with Crippen molar-refractivity contribution in [2.75, 3.05) is 24.7 Å². The summed E-state index contributed by atoms with van der Waals surface area (Å²) in [5, 5.41) is 5.97. The smallest absolute Gasteiger partial charge is 0.219 e. The third kappa shape index (κ3) is 5.90. The first-order chi connectivity index (χ1) is 15.7. The molecule has 1 aliphatic heterocycles. The summed E-state index contributed by atoms with van der Waals surface area (Å²) in [5.41, 5.74) is 1.02. The number of anilines is 2. The van der Waals surface area contributed by atoms with Gasteiger partial charge < -0.3 is 15.0 Å². The molecule has 0 saturated carbocycles. The normalized spacial score (nSPS) is 14.8. The van der Waals surface area contributed by atoms with E-state index in [1.807, 2.05) is 10.3 Å². The molecule has 174 valence electrons. The monoisotopic (exact) mass is 550 g/mol. The lowest BCUT2D eigenvalue weighted by Gasteiger charge is -2.30. The predicted molar refractivity (Wildman–Crippen MR) is 131 cm³/mol. The number of hydrogen-bond donors (Lipinski definition) is 1. The molecule has 0 bridgehead atoms. The van der Waals surface area contributed by atoms with Crippen LogP contribution in [0.2, 0.25) is 0 Å². The predicted octanol–water partition coefficient (Wildman–Crippen LogP) is 4.97. The van der Waals surface area contributed by atoms with Gasteiger partial charge in [-0.15, -0.1) is 11.3 Å². The van der Waals surface area contributed by atoms with Gasteiger partial charge in [0.05, 0.1) is 10.6 Å². The van der Waals surface area contributed by atoms with Gasteiger partial charge in [-0.1, -0.05) is 0 Å². The van der Waals surface area contributed by atoms with Crippen molar-refractivity contribution < 1.29 is 17.9 Å². The number of likely N-dealkylation sites (tertiary alicyclic amines) is 1. The van der Waals surface area contributed by atoms with Gasteiger partial charge in [0.1, 0.15) is 5.75 Å². The van der Waals surface area contributed by atoms with Crippen molar-refractivity contribution >= 4 is 54.0 Å². The van der Waals surface area contributed by atoms with Crippen molar-refractivity contribution in [2.24, 2.45) is 0 Å². The molecule has 0 unspecified atom stereocenters. The van der Waals surface area contributed by atoms with E-state index >= 15 is 0 Å². The molecule has 3 aromatic rings. The van der Waals surface area contributed by atoms with Crippen LogP contribution in [0.5, 0.6) is 11.5 Å². The number of pyridine rings is 1. The zero-order valence-corrected chi connectivity index (χ0v) is 21.3. The molecule has 0 radical (unpaired) electrons.